The van der Waals surface area contributed by atoms with E-state index in [0.717, 1.165) is 25.9 Å². The van der Waals surface area contributed by atoms with Crippen LogP contribution < -0.4 is 4.90 Å². The summed E-state index contributed by atoms with van der Waals surface area (Å²) >= 11 is 0. The van der Waals surface area contributed by atoms with Gasteiger partial charge < -0.3 is 14.9 Å². The molecule has 1 heterocycles. The van der Waals surface area contributed by atoms with Crippen molar-refractivity contribution in [2.75, 3.05) is 32.1 Å². The minimum absolute atomic E-state index is 0.0292. The molecule has 1 aromatic rings. The highest BCUT2D eigenvalue weighted by molar-refractivity contribution is 5.79. The van der Waals surface area contributed by atoms with Gasteiger partial charge in [0.05, 0.1) is 11.3 Å². The zero-order valence-corrected chi connectivity index (χ0v) is 14.1. The summed E-state index contributed by atoms with van der Waals surface area (Å²) in [6, 6.07) is 3.62. The number of aliphatic hydroxyl groups is 1. The Kier molecular flexibility index (Phi) is 4.08. The summed E-state index contributed by atoms with van der Waals surface area (Å²) < 4.78 is 14.8. The first kappa shape index (κ1) is 16.2. The van der Waals surface area contributed by atoms with Crippen molar-refractivity contribution in [3.63, 3.8) is 0 Å². The van der Waals surface area contributed by atoms with Gasteiger partial charge in [-0.1, -0.05) is 6.07 Å². The largest absolute Gasteiger partial charge is 0.385 e. The van der Waals surface area contributed by atoms with E-state index in [1.165, 1.54) is 0 Å². The van der Waals surface area contributed by atoms with Gasteiger partial charge in [0.2, 0.25) is 5.91 Å². The van der Waals surface area contributed by atoms with Crippen LogP contribution in [0, 0.1) is 18.7 Å². The van der Waals surface area contributed by atoms with Crippen LogP contribution in [0.5, 0.6) is 0 Å². The van der Waals surface area contributed by atoms with Crippen LogP contribution >= 0.6 is 0 Å². The van der Waals surface area contributed by atoms with Crippen molar-refractivity contribution in [1.82, 2.24) is 4.90 Å². The van der Waals surface area contributed by atoms with Crippen LogP contribution in [0.2, 0.25) is 0 Å². The van der Waals surface area contributed by atoms with Crippen molar-refractivity contribution in [3.8, 4) is 0 Å². The van der Waals surface area contributed by atoms with E-state index in [2.05, 4.69) is 4.90 Å². The first-order chi connectivity index (χ1) is 10.8. The van der Waals surface area contributed by atoms with Crippen LogP contribution in [0.1, 0.15) is 36.8 Å². The van der Waals surface area contributed by atoms with E-state index in [1.54, 1.807) is 32.0 Å². The Labute approximate surface area is 136 Å². The quantitative estimate of drug-likeness (QED) is 0.930. The van der Waals surface area contributed by atoms with Gasteiger partial charge in [-0.15, -0.1) is 0 Å². The number of anilines is 1. The zero-order chi connectivity index (χ0) is 16.8. The maximum absolute atomic E-state index is 14.8. The summed E-state index contributed by atoms with van der Waals surface area (Å²) in [5, 5.41) is 10.8. The molecule has 4 nitrogen and oxygen atoms in total. The fourth-order valence-corrected chi connectivity index (χ4v) is 3.89. The molecule has 0 radical (unpaired) electrons. The van der Waals surface area contributed by atoms with Crippen LogP contribution in [0.4, 0.5) is 10.1 Å². The molecule has 0 spiro atoms. The average Bonchev–Trinajstić information content (AvgIpc) is 3.00. The van der Waals surface area contributed by atoms with E-state index < -0.39 is 5.60 Å². The lowest BCUT2D eigenvalue weighted by atomic mass is 9.66. The Balaban J connectivity index is 1.81. The smallest absolute Gasteiger partial charge is 0.225 e. The van der Waals surface area contributed by atoms with Gasteiger partial charge in [0.15, 0.2) is 0 Å². The number of rotatable bonds is 3. The summed E-state index contributed by atoms with van der Waals surface area (Å²) in [5.74, 6) is -0.377. The molecular formula is C18H25FN2O2. The molecule has 2 fully saturated rings. The van der Waals surface area contributed by atoms with E-state index in [-0.39, 0.29) is 17.6 Å². The highest BCUT2D eigenvalue weighted by Crippen LogP contribution is 2.48. The van der Waals surface area contributed by atoms with Gasteiger partial charge in [0.1, 0.15) is 5.82 Å². The minimum atomic E-state index is -1.08. The lowest BCUT2D eigenvalue weighted by Crippen LogP contribution is -2.48. The number of benzene rings is 1. The molecule has 5 heteroatoms. The summed E-state index contributed by atoms with van der Waals surface area (Å²) in [7, 11) is 3.44. The van der Waals surface area contributed by atoms with Crippen LogP contribution in [0.15, 0.2) is 12.1 Å². The maximum atomic E-state index is 14.8. The number of hydrogen-bond donors (Lipinski definition) is 1. The van der Waals surface area contributed by atoms with Crippen molar-refractivity contribution < 1.29 is 14.3 Å². The van der Waals surface area contributed by atoms with Gasteiger partial charge in [-0.3, -0.25) is 4.79 Å². The highest BCUT2D eigenvalue weighted by atomic mass is 19.1. The molecule has 1 N–H and O–H groups in total. The Hall–Kier alpha value is -1.62. The molecule has 126 valence electrons. The summed E-state index contributed by atoms with van der Waals surface area (Å²) in [6.07, 6.45) is 2.93. The fraction of sp³-hybridized carbons (Fsp3) is 0.611. The van der Waals surface area contributed by atoms with Crippen molar-refractivity contribution >= 4 is 11.6 Å². The molecule has 3 rings (SSSR count). The number of hydrogen-bond acceptors (Lipinski definition) is 3. The van der Waals surface area contributed by atoms with Gasteiger partial charge in [0.25, 0.3) is 0 Å². The summed E-state index contributed by atoms with van der Waals surface area (Å²) in [6.45, 7) is 3.50. The van der Waals surface area contributed by atoms with Crippen LogP contribution in [-0.4, -0.2) is 43.1 Å². The lowest BCUT2D eigenvalue weighted by molar-refractivity contribution is -0.150. The van der Waals surface area contributed by atoms with E-state index in [9.17, 15) is 14.3 Å². The van der Waals surface area contributed by atoms with Gasteiger partial charge in [0, 0.05) is 33.1 Å². The van der Waals surface area contributed by atoms with Crippen molar-refractivity contribution in [3.05, 3.63) is 29.1 Å². The first-order valence-corrected chi connectivity index (χ1v) is 8.31. The molecule has 1 aliphatic heterocycles. The third kappa shape index (κ3) is 2.71. The molecule has 0 bridgehead atoms. The average molecular weight is 320 g/mol. The Bertz CT molecular complexity index is 618. The molecule has 0 atom stereocenters. The second kappa shape index (κ2) is 5.78. The van der Waals surface area contributed by atoms with E-state index in [0.29, 0.717) is 29.7 Å². The minimum Gasteiger partial charge on any atom is -0.385 e. The number of halogens is 1. The Morgan fingerprint density at radius 2 is 1.91 bits per heavy atom. The molecule has 1 saturated heterocycles. The summed E-state index contributed by atoms with van der Waals surface area (Å²) in [5.41, 5.74) is 0.686. The van der Waals surface area contributed by atoms with E-state index >= 15 is 0 Å². The number of carbonyl (C=O) groups excluding carboxylic acids is 1. The molecule has 1 aromatic carbocycles. The lowest BCUT2D eigenvalue weighted by Gasteiger charge is -2.44. The molecule has 1 amide bonds. The molecular weight excluding hydrogens is 295 g/mol. The molecule has 0 aromatic heterocycles. The Morgan fingerprint density at radius 1 is 1.30 bits per heavy atom. The predicted octanol–water partition coefficient (Wildman–Crippen LogP) is 2.42. The van der Waals surface area contributed by atoms with Crippen LogP contribution in [0.25, 0.3) is 0 Å². The third-order valence-electron chi connectivity index (χ3n) is 5.27. The second-order valence-corrected chi connectivity index (χ2v) is 7.13. The standard InChI is InChI=1S/C18H25FN2O2/c1-12-14(18(23)10-13(11-18)17(22)20(2)3)6-7-15(16(12)19)21-8-4-5-9-21/h6-7,13,23H,4-5,8-11H2,1-3H3. The molecule has 0 unspecified atom stereocenters. The second-order valence-electron chi connectivity index (χ2n) is 7.13. The van der Waals surface area contributed by atoms with Gasteiger partial charge in [-0.05, 0) is 49.8 Å². The maximum Gasteiger partial charge on any atom is 0.225 e. The topological polar surface area (TPSA) is 43.8 Å². The monoisotopic (exact) mass is 320 g/mol. The molecule has 23 heavy (non-hydrogen) atoms. The van der Waals surface area contributed by atoms with Crippen LogP contribution in [0.3, 0.4) is 0 Å². The zero-order valence-electron chi connectivity index (χ0n) is 14.1. The number of carbonyl (C=O) groups is 1. The van der Waals surface area contributed by atoms with Crippen molar-refractivity contribution in [1.29, 1.82) is 0 Å². The molecule has 1 aliphatic carbocycles. The Morgan fingerprint density at radius 3 is 2.48 bits per heavy atom. The molecule has 1 saturated carbocycles. The van der Waals surface area contributed by atoms with Gasteiger partial charge >= 0.3 is 0 Å². The first-order valence-electron chi connectivity index (χ1n) is 8.31. The predicted molar refractivity (Wildman–Crippen MR) is 87.9 cm³/mol. The van der Waals surface area contributed by atoms with Gasteiger partial charge in [-0.2, -0.15) is 0 Å². The van der Waals surface area contributed by atoms with Crippen molar-refractivity contribution in [2.45, 2.75) is 38.2 Å². The number of amides is 1. The molecule has 2 aliphatic rings. The van der Waals surface area contributed by atoms with Gasteiger partial charge in [-0.25, -0.2) is 4.39 Å². The third-order valence-corrected chi connectivity index (χ3v) is 5.27. The van der Waals surface area contributed by atoms with E-state index in [4.69, 9.17) is 0 Å². The van der Waals surface area contributed by atoms with E-state index in [1.807, 2.05) is 6.07 Å². The fourth-order valence-electron chi connectivity index (χ4n) is 3.89. The normalized spacial score (nSPS) is 27.0. The van der Waals surface area contributed by atoms with Crippen LogP contribution in [-0.2, 0) is 10.4 Å². The summed E-state index contributed by atoms with van der Waals surface area (Å²) in [4.78, 5) is 15.6. The SMILES string of the molecule is Cc1c(C2(O)CC(C(=O)N(C)C)C2)ccc(N2CCCC2)c1F. The highest BCUT2D eigenvalue weighted by Gasteiger charge is 2.48. The number of nitrogens with zero attached hydrogens (tertiary/aromatic N) is 2. The van der Waals surface area contributed by atoms with Crippen molar-refractivity contribution in [2.24, 2.45) is 5.92 Å².